The fourth-order valence-electron chi connectivity index (χ4n) is 3.85. The molecule has 0 radical (unpaired) electrons. The van der Waals surface area contributed by atoms with Crippen molar-refractivity contribution in [1.29, 1.82) is 0 Å². The number of nitrogens with zero attached hydrogens (tertiary/aromatic N) is 1. The molecular weight excluding hydrogens is 263 g/mol. The van der Waals surface area contributed by atoms with Crippen molar-refractivity contribution in [3.8, 4) is 0 Å². The molecule has 1 heterocycles. The molecule has 1 fully saturated rings. The van der Waals surface area contributed by atoms with Gasteiger partial charge in [-0.25, -0.2) is 4.39 Å². The van der Waals surface area contributed by atoms with Crippen molar-refractivity contribution in [3.05, 3.63) is 64.7 Å². The maximum atomic E-state index is 13.6. The normalized spacial score (nSPS) is 26.1. The third-order valence-electron chi connectivity index (χ3n) is 4.89. The summed E-state index contributed by atoms with van der Waals surface area (Å²) in [5, 5.41) is 3.30. The molecule has 0 bridgehead atoms. The van der Waals surface area contributed by atoms with Gasteiger partial charge >= 0.3 is 0 Å². The van der Waals surface area contributed by atoms with E-state index in [1.54, 1.807) is 6.07 Å². The van der Waals surface area contributed by atoms with Gasteiger partial charge in [-0.1, -0.05) is 24.3 Å². The van der Waals surface area contributed by atoms with E-state index in [0.717, 1.165) is 30.6 Å². The second kappa shape index (κ2) is 4.92. The molecule has 21 heavy (non-hydrogen) atoms. The van der Waals surface area contributed by atoms with Crippen molar-refractivity contribution in [1.82, 2.24) is 10.3 Å². The molecule has 0 amide bonds. The average Bonchev–Trinajstić information content (AvgIpc) is 3.27. The number of likely N-dealkylation sites (N-methyl/N-ethyl adjacent to an activating group) is 1. The van der Waals surface area contributed by atoms with Crippen LogP contribution in [0.15, 0.2) is 36.5 Å². The van der Waals surface area contributed by atoms with E-state index in [1.165, 1.54) is 17.3 Å². The zero-order valence-electron chi connectivity index (χ0n) is 12.1. The Kier molecular flexibility index (Phi) is 3.03. The van der Waals surface area contributed by atoms with Crippen LogP contribution in [0.5, 0.6) is 0 Å². The van der Waals surface area contributed by atoms with Gasteiger partial charge in [0.1, 0.15) is 5.82 Å². The SMILES string of the molecule is CNCC1Cc2ncc(F)cc2[C@@H]2CC2c2ccccc21. The summed E-state index contributed by atoms with van der Waals surface area (Å²) < 4.78 is 13.6. The molecule has 1 N–H and O–H groups in total. The molecule has 0 saturated heterocycles. The number of hydrogen-bond donors (Lipinski definition) is 1. The highest BCUT2D eigenvalue weighted by Gasteiger charge is 2.44. The van der Waals surface area contributed by atoms with Gasteiger partial charge in [-0.05, 0) is 54.5 Å². The first kappa shape index (κ1) is 13.0. The lowest BCUT2D eigenvalue weighted by atomic mass is 9.84. The molecule has 1 saturated carbocycles. The zero-order chi connectivity index (χ0) is 14.4. The highest BCUT2D eigenvalue weighted by atomic mass is 19.1. The first-order valence-electron chi connectivity index (χ1n) is 7.65. The average molecular weight is 282 g/mol. The molecule has 2 aliphatic carbocycles. The second-order valence-corrected chi connectivity index (χ2v) is 6.23. The minimum atomic E-state index is -0.210. The zero-order valence-corrected chi connectivity index (χ0v) is 12.1. The summed E-state index contributed by atoms with van der Waals surface area (Å²) in [6, 6.07) is 10.5. The fourth-order valence-corrected chi connectivity index (χ4v) is 3.85. The third kappa shape index (κ3) is 2.16. The lowest BCUT2D eigenvalue weighted by Crippen LogP contribution is -2.22. The van der Waals surface area contributed by atoms with Crippen molar-refractivity contribution in [2.24, 2.45) is 0 Å². The van der Waals surface area contributed by atoms with Crippen LogP contribution in [0.1, 0.15) is 46.6 Å². The Labute approximate surface area is 124 Å². The smallest absolute Gasteiger partial charge is 0.141 e. The number of aromatic nitrogens is 1. The maximum Gasteiger partial charge on any atom is 0.141 e. The molecule has 108 valence electrons. The Balaban J connectivity index is 1.83. The summed E-state index contributed by atoms with van der Waals surface area (Å²) >= 11 is 0. The van der Waals surface area contributed by atoms with E-state index in [-0.39, 0.29) is 5.82 Å². The Bertz CT molecular complexity index is 683. The Morgan fingerprint density at radius 3 is 2.76 bits per heavy atom. The summed E-state index contributed by atoms with van der Waals surface area (Å²) in [4.78, 5) is 4.40. The van der Waals surface area contributed by atoms with Crippen LogP contribution in [0.25, 0.3) is 0 Å². The van der Waals surface area contributed by atoms with Gasteiger partial charge in [0, 0.05) is 18.2 Å². The van der Waals surface area contributed by atoms with Crippen molar-refractivity contribution in [2.75, 3.05) is 13.6 Å². The van der Waals surface area contributed by atoms with Crippen LogP contribution >= 0.6 is 0 Å². The van der Waals surface area contributed by atoms with Crippen LogP contribution in [0.2, 0.25) is 0 Å². The summed E-state index contributed by atoms with van der Waals surface area (Å²) in [6.07, 6.45) is 3.37. The van der Waals surface area contributed by atoms with Crippen LogP contribution in [0.3, 0.4) is 0 Å². The highest BCUT2D eigenvalue weighted by Crippen LogP contribution is 2.58. The molecule has 4 rings (SSSR count). The van der Waals surface area contributed by atoms with Crippen LogP contribution in [0, 0.1) is 5.82 Å². The van der Waals surface area contributed by atoms with Gasteiger partial charge in [-0.2, -0.15) is 0 Å². The Morgan fingerprint density at radius 2 is 1.95 bits per heavy atom. The molecule has 3 heteroatoms. The van der Waals surface area contributed by atoms with Gasteiger partial charge in [0.15, 0.2) is 0 Å². The van der Waals surface area contributed by atoms with E-state index < -0.39 is 0 Å². The summed E-state index contributed by atoms with van der Waals surface area (Å²) in [6.45, 7) is 0.924. The van der Waals surface area contributed by atoms with Gasteiger partial charge in [-0.15, -0.1) is 0 Å². The van der Waals surface area contributed by atoms with Crippen molar-refractivity contribution >= 4 is 0 Å². The van der Waals surface area contributed by atoms with Crippen LogP contribution in [-0.2, 0) is 6.42 Å². The minimum Gasteiger partial charge on any atom is -0.319 e. The van der Waals surface area contributed by atoms with Gasteiger partial charge < -0.3 is 5.32 Å². The molecule has 2 nitrogen and oxygen atoms in total. The monoisotopic (exact) mass is 282 g/mol. The van der Waals surface area contributed by atoms with E-state index in [4.69, 9.17) is 0 Å². The summed E-state index contributed by atoms with van der Waals surface area (Å²) in [5.41, 5.74) is 5.11. The van der Waals surface area contributed by atoms with Gasteiger partial charge in [0.25, 0.3) is 0 Å². The molecule has 2 aliphatic rings. The molecule has 0 spiro atoms. The van der Waals surface area contributed by atoms with E-state index >= 15 is 0 Å². The number of nitrogens with one attached hydrogen (secondary N) is 1. The quantitative estimate of drug-likeness (QED) is 0.913. The molecule has 1 aromatic carbocycles. The Hall–Kier alpha value is -1.74. The standard InChI is InChI=1S/C18H19FN2/c1-20-9-11-6-18-17(7-12(19)10-21-18)16-8-15(16)14-5-3-2-4-13(11)14/h2-5,7,10-11,15-16,20H,6,8-9H2,1H3/t11?,15?,16-/m1/s1. The first-order valence-corrected chi connectivity index (χ1v) is 7.65. The highest BCUT2D eigenvalue weighted by molar-refractivity contribution is 5.46. The number of rotatable bonds is 2. The minimum absolute atomic E-state index is 0.210. The van der Waals surface area contributed by atoms with E-state index in [1.807, 2.05) is 7.05 Å². The first-order chi connectivity index (χ1) is 10.3. The molecule has 1 aromatic heterocycles. The van der Waals surface area contributed by atoms with E-state index in [2.05, 4.69) is 34.6 Å². The maximum absolute atomic E-state index is 13.6. The molecular formula is C18H19FN2. The number of pyridine rings is 1. The van der Waals surface area contributed by atoms with Crippen molar-refractivity contribution in [2.45, 2.75) is 30.6 Å². The largest absolute Gasteiger partial charge is 0.319 e. The second-order valence-electron chi connectivity index (χ2n) is 6.23. The topological polar surface area (TPSA) is 24.9 Å². The predicted molar refractivity (Wildman–Crippen MR) is 81.1 cm³/mol. The molecule has 2 aromatic rings. The number of hydrogen-bond acceptors (Lipinski definition) is 2. The Morgan fingerprint density at radius 1 is 1.19 bits per heavy atom. The van der Waals surface area contributed by atoms with Gasteiger partial charge in [0.05, 0.1) is 6.20 Å². The third-order valence-corrected chi connectivity index (χ3v) is 4.89. The number of benzene rings is 1. The fraction of sp³-hybridized carbons (Fsp3) is 0.389. The molecule has 0 aliphatic heterocycles. The van der Waals surface area contributed by atoms with E-state index in [9.17, 15) is 4.39 Å². The number of halogens is 1. The van der Waals surface area contributed by atoms with Crippen molar-refractivity contribution < 1.29 is 4.39 Å². The van der Waals surface area contributed by atoms with Gasteiger partial charge in [0.2, 0.25) is 0 Å². The lowest BCUT2D eigenvalue weighted by molar-refractivity contribution is 0.588. The molecule has 2 unspecified atom stereocenters. The van der Waals surface area contributed by atoms with Crippen LogP contribution in [-0.4, -0.2) is 18.6 Å². The van der Waals surface area contributed by atoms with Crippen LogP contribution in [0.4, 0.5) is 4.39 Å². The van der Waals surface area contributed by atoms with E-state index in [0.29, 0.717) is 17.8 Å². The molecule has 3 atom stereocenters. The van der Waals surface area contributed by atoms with Gasteiger partial charge in [-0.3, -0.25) is 4.98 Å². The van der Waals surface area contributed by atoms with Crippen molar-refractivity contribution in [3.63, 3.8) is 0 Å². The number of fused-ring (bicyclic) bond motifs is 5. The van der Waals surface area contributed by atoms with Crippen LogP contribution < -0.4 is 5.32 Å². The summed E-state index contributed by atoms with van der Waals surface area (Å²) in [5.74, 6) is 1.20. The summed E-state index contributed by atoms with van der Waals surface area (Å²) in [7, 11) is 1.99. The lowest BCUT2D eigenvalue weighted by Gasteiger charge is -2.24. The predicted octanol–water partition coefficient (Wildman–Crippen LogP) is 3.35.